The molecule has 1 atom stereocenters. The summed E-state index contributed by atoms with van der Waals surface area (Å²) in [7, 11) is -0.924. The minimum Gasteiger partial charge on any atom is -0.497 e. The summed E-state index contributed by atoms with van der Waals surface area (Å²) >= 11 is 1.51. The molecule has 0 saturated heterocycles. The van der Waals surface area contributed by atoms with Crippen LogP contribution in [0.1, 0.15) is 12.0 Å². The minimum absolute atomic E-state index is 0.0866. The zero-order valence-corrected chi connectivity index (χ0v) is 19.6. The Balaban J connectivity index is 1.75. The van der Waals surface area contributed by atoms with Crippen molar-refractivity contribution >= 4 is 38.8 Å². The Morgan fingerprint density at radius 2 is 1.94 bits per heavy atom. The van der Waals surface area contributed by atoms with E-state index < -0.39 is 27.7 Å². The van der Waals surface area contributed by atoms with E-state index in [2.05, 4.69) is 10.0 Å². The number of ether oxygens (including phenoxy) is 1. The standard InChI is InChI=1S/C21H25N3O6S2/c1-24-18-9-8-16(12-19(18)30-21(24)26)32(27,28)23-17(10-11-31-3)20(25)22-13-14-4-6-15(29-2)7-5-14/h4-9,12,17,23H,10-11,13H2,1-3H3,(H,22,25)/t17-/m1/s1. The lowest BCUT2D eigenvalue weighted by molar-refractivity contribution is -0.122. The Morgan fingerprint density at radius 3 is 2.59 bits per heavy atom. The summed E-state index contributed by atoms with van der Waals surface area (Å²) < 4.78 is 39.9. The van der Waals surface area contributed by atoms with E-state index in [0.717, 1.165) is 5.56 Å². The molecule has 0 saturated carbocycles. The van der Waals surface area contributed by atoms with Crippen LogP contribution in [0.4, 0.5) is 0 Å². The molecule has 0 bridgehead atoms. The van der Waals surface area contributed by atoms with E-state index in [-0.39, 0.29) is 17.0 Å². The van der Waals surface area contributed by atoms with Crippen LogP contribution in [0.25, 0.3) is 11.1 Å². The van der Waals surface area contributed by atoms with Crippen LogP contribution in [0.2, 0.25) is 0 Å². The van der Waals surface area contributed by atoms with E-state index in [9.17, 15) is 18.0 Å². The van der Waals surface area contributed by atoms with Crippen LogP contribution in [-0.2, 0) is 28.4 Å². The number of thioether (sulfide) groups is 1. The number of rotatable bonds is 10. The monoisotopic (exact) mass is 479 g/mol. The average Bonchev–Trinajstić information content (AvgIpc) is 3.08. The zero-order chi connectivity index (χ0) is 23.3. The first-order valence-electron chi connectivity index (χ1n) is 9.76. The number of hydrogen-bond acceptors (Lipinski definition) is 7. The van der Waals surface area contributed by atoms with Crippen molar-refractivity contribution in [2.45, 2.75) is 23.9 Å². The highest BCUT2D eigenvalue weighted by Crippen LogP contribution is 2.19. The molecule has 0 fully saturated rings. The number of methoxy groups -OCH3 is 1. The number of amides is 1. The quantitative estimate of drug-likeness (QED) is 0.455. The third-order valence-corrected chi connectivity index (χ3v) is 7.04. The Bertz CT molecular complexity index is 1250. The fourth-order valence-corrected chi connectivity index (χ4v) is 4.79. The molecule has 9 nitrogen and oxygen atoms in total. The second-order valence-electron chi connectivity index (χ2n) is 7.08. The van der Waals surface area contributed by atoms with Crippen LogP contribution < -0.4 is 20.5 Å². The number of nitrogens with one attached hydrogen (secondary N) is 2. The van der Waals surface area contributed by atoms with Crippen LogP contribution in [-0.4, -0.2) is 44.1 Å². The van der Waals surface area contributed by atoms with E-state index in [1.165, 1.54) is 41.6 Å². The molecule has 172 valence electrons. The molecule has 32 heavy (non-hydrogen) atoms. The Labute approximate surface area is 190 Å². The molecule has 0 aliphatic carbocycles. The largest absolute Gasteiger partial charge is 0.497 e. The lowest BCUT2D eigenvalue weighted by Gasteiger charge is -2.18. The van der Waals surface area contributed by atoms with E-state index in [4.69, 9.17) is 9.15 Å². The van der Waals surface area contributed by atoms with Crippen LogP contribution in [0.3, 0.4) is 0 Å². The molecule has 0 spiro atoms. The normalized spacial score (nSPS) is 12.6. The number of oxazole rings is 1. The molecule has 0 aliphatic rings. The van der Waals surface area contributed by atoms with Gasteiger partial charge in [-0.25, -0.2) is 13.2 Å². The lowest BCUT2D eigenvalue weighted by Crippen LogP contribution is -2.46. The molecule has 0 aliphatic heterocycles. The number of hydrogen-bond donors (Lipinski definition) is 2. The summed E-state index contributed by atoms with van der Waals surface area (Å²) in [6.45, 7) is 0.251. The molecular formula is C21H25N3O6S2. The van der Waals surface area contributed by atoms with Gasteiger partial charge in [0.25, 0.3) is 0 Å². The molecule has 1 aromatic heterocycles. The second kappa shape index (κ2) is 10.2. The summed E-state index contributed by atoms with van der Waals surface area (Å²) in [5, 5.41) is 2.78. The summed E-state index contributed by atoms with van der Waals surface area (Å²) in [5.74, 6) is 0.288. The van der Waals surface area contributed by atoms with Gasteiger partial charge in [-0.05, 0) is 48.3 Å². The summed E-state index contributed by atoms with van der Waals surface area (Å²) in [6, 6.07) is 10.4. The van der Waals surface area contributed by atoms with E-state index in [0.29, 0.717) is 23.4 Å². The maximum absolute atomic E-state index is 13.0. The van der Waals surface area contributed by atoms with E-state index in [1.54, 1.807) is 19.2 Å². The Hall–Kier alpha value is -2.76. The van der Waals surface area contributed by atoms with Crippen LogP contribution in [0.15, 0.2) is 56.6 Å². The molecule has 0 unspecified atom stereocenters. The lowest BCUT2D eigenvalue weighted by atomic mass is 10.2. The molecule has 2 aromatic carbocycles. The van der Waals surface area contributed by atoms with E-state index in [1.807, 2.05) is 18.4 Å². The highest BCUT2D eigenvalue weighted by atomic mass is 32.2. The topological polar surface area (TPSA) is 120 Å². The minimum atomic E-state index is -4.03. The average molecular weight is 480 g/mol. The van der Waals surface area contributed by atoms with Crippen molar-refractivity contribution in [1.82, 2.24) is 14.6 Å². The molecule has 3 aromatic rings. The SMILES string of the molecule is COc1ccc(CNC(=O)[C@@H](CCSC)NS(=O)(=O)c2ccc3c(c2)oc(=O)n3C)cc1. The Kier molecular flexibility index (Phi) is 7.64. The molecule has 11 heteroatoms. The maximum atomic E-state index is 13.0. The number of nitrogens with zero attached hydrogens (tertiary/aromatic N) is 1. The van der Waals surface area contributed by atoms with Gasteiger partial charge in [-0.1, -0.05) is 12.1 Å². The predicted octanol–water partition coefficient (Wildman–Crippen LogP) is 1.86. The first kappa shape index (κ1) is 23.9. The van der Waals surface area contributed by atoms with Gasteiger partial charge in [0.1, 0.15) is 11.8 Å². The van der Waals surface area contributed by atoms with Gasteiger partial charge in [0.05, 0.1) is 17.5 Å². The van der Waals surface area contributed by atoms with Gasteiger partial charge in [-0.3, -0.25) is 9.36 Å². The fraction of sp³-hybridized carbons (Fsp3) is 0.333. The van der Waals surface area contributed by atoms with Crippen LogP contribution in [0, 0.1) is 0 Å². The number of carbonyl (C=O) groups excluding carboxylic acids is 1. The predicted molar refractivity (Wildman–Crippen MR) is 123 cm³/mol. The summed E-state index contributed by atoms with van der Waals surface area (Å²) in [4.78, 5) is 24.4. The van der Waals surface area contributed by atoms with Gasteiger partial charge in [0.15, 0.2) is 5.58 Å². The molecule has 2 N–H and O–H groups in total. The van der Waals surface area contributed by atoms with Crippen molar-refractivity contribution in [1.29, 1.82) is 0 Å². The van der Waals surface area contributed by atoms with Crippen LogP contribution in [0.5, 0.6) is 5.75 Å². The number of sulfonamides is 1. The van der Waals surface area contributed by atoms with Crippen molar-refractivity contribution in [3.8, 4) is 5.75 Å². The van der Waals surface area contributed by atoms with Gasteiger partial charge >= 0.3 is 5.76 Å². The summed E-state index contributed by atoms with van der Waals surface area (Å²) in [5.41, 5.74) is 1.49. The first-order chi connectivity index (χ1) is 15.2. The molecule has 1 heterocycles. The second-order valence-corrected chi connectivity index (χ2v) is 9.78. The molecule has 3 rings (SSSR count). The highest BCUT2D eigenvalue weighted by molar-refractivity contribution is 7.98. The third-order valence-electron chi connectivity index (χ3n) is 4.92. The number of fused-ring (bicyclic) bond motifs is 1. The number of benzene rings is 2. The van der Waals surface area contributed by atoms with Crippen molar-refractivity contribution in [2.24, 2.45) is 7.05 Å². The smallest absolute Gasteiger partial charge is 0.419 e. The third kappa shape index (κ3) is 5.53. The zero-order valence-electron chi connectivity index (χ0n) is 18.0. The summed E-state index contributed by atoms with van der Waals surface area (Å²) in [6.07, 6.45) is 2.20. The van der Waals surface area contributed by atoms with Crippen LogP contribution >= 0.6 is 11.8 Å². The molecule has 0 radical (unpaired) electrons. The number of aromatic nitrogens is 1. The van der Waals surface area contributed by atoms with Gasteiger partial charge < -0.3 is 14.5 Å². The van der Waals surface area contributed by atoms with Crippen molar-refractivity contribution in [3.05, 3.63) is 58.6 Å². The van der Waals surface area contributed by atoms with Gasteiger partial charge in [-0.2, -0.15) is 16.5 Å². The van der Waals surface area contributed by atoms with E-state index >= 15 is 0 Å². The molecular weight excluding hydrogens is 454 g/mol. The number of aryl methyl sites for hydroxylation is 1. The van der Waals surface area contributed by atoms with Crippen molar-refractivity contribution in [2.75, 3.05) is 19.1 Å². The maximum Gasteiger partial charge on any atom is 0.419 e. The Morgan fingerprint density at radius 1 is 1.22 bits per heavy atom. The highest BCUT2D eigenvalue weighted by Gasteiger charge is 2.26. The van der Waals surface area contributed by atoms with Crippen molar-refractivity contribution < 1.29 is 22.4 Å². The van der Waals surface area contributed by atoms with Gasteiger partial charge in [0, 0.05) is 19.7 Å². The first-order valence-corrected chi connectivity index (χ1v) is 12.6. The molecule has 1 amide bonds. The van der Waals surface area contributed by atoms with Gasteiger partial charge in [0.2, 0.25) is 15.9 Å². The van der Waals surface area contributed by atoms with Gasteiger partial charge in [-0.15, -0.1) is 0 Å². The number of carbonyl (C=O) groups is 1. The van der Waals surface area contributed by atoms with Crippen molar-refractivity contribution in [3.63, 3.8) is 0 Å². The fourth-order valence-electron chi connectivity index (χ4n) is 3.07.